The van der Waals surface area contributed by atoms with Crippen LogP contribution in [0.4, 0.5) is 5.69 Å². The maximum atomic E-state index is 11.9. The number of anilines is 1. The van der Waals surface area contributed by atoms with Gasteiger partial charge in [0.05, 0.1) is 22.4 Å². The topological polar surface area (TPSA) is 49.4 Å². The van der Waals surface area contributed by atoms with Gasteiger partial charge in [0.25, 0.3) is 0 Å². The Kier molecular flexibility index (Phi) is 2.97. The molecule has 1 aromatic carbocycles. The average Bonchev–Trinajstić information content (AvgIpc) is 3.10. The summed E-state index contributed by atoms with van der Waals surface area (Å²) in [5, 5.41) is 0.641. The van der Waals surface area contributed by atoms with Gasteiger partial charge in [-0.3, -0.25) is 0 Å². The molecule has 0 aromatic heterocycles. The van der Waals surface area contributed by atoms with E-state index < -0.39 is 10.0 Å². The minimum atomic E-state index is -3.46. The van der Waals surface area contributed by atoms with Crippen molar-refractivity contribution in [3.8, 4) is 0 Å². The third-order valence-corrected chi connectivity index (χ3v) is 5.39. The molecule has 1 heterocycles. The van der Waals surface area contributed by atoms with Crippen LogP contribution in [-0.2, 0) is 10.0 Å². The lowest BCUT2D eigenvalue weighted by atomic mass is 10.2. The zero-order valence-electron chi connectivity index (χ0n) is 9.49. The molecule has 2 aliphatic rings. The van der Waals surface area contributed by atoms with Crippen LogP contribution in [0.5, 0.6) is 0 Å². The summed E-state index contributed by atoms with van der Waals surface area (Å²) in [4.78, 5) is 2.22. The number of hydrogen-bond acceptors (Lipinski definition) is 3. The van der Waals surface area contributed by atoms with E-state index in [9.17, 15) is 8.42 Å². The van der Waals surface area contributed by atoms with Crippen LogP contribution >= 0.6 is 23.2 Å². The molecule has 1 saturated carbocycles. The molecule has 0 saturated heterocycles. The first-order chi connectivity index (χ1) is 8.47. The second-order valence-corrected chi connectivity index (χ2v) is 7.26. The number of rotatable bonds is 2. The van der Waals surface area contributed by atoms with Gasteiger partial charge in [0, 0.05) is 6.54 Å². The largest absolute Gasteiger partial charge is 0.356 e. The van der Waals surface area contributed by atoms with E-state index in [4.69, 9.17) is 23.2 Å². The zero-order chi connectivity index (χ0) is 12.9. The van der Waals surface area contributed by atoms with E-state index >= 15 is 0 Å². The number of fused-ring (bicyclic) bond motifs is 1. The summed E-state index contributed by atoms with van der Waals surface area (Å²) in [6, 6.07) is 3.06. The molecule has 4 nitrogen and oxygen atoms in total. The van der Waals surface area contributed by atoms with Gasteiger partial charge in [-0.15, -0.1) is 0 Å². The number of nitrogens with zero attached hydrogens (tertiary/aromatic N) is 1. The molecule has 0 bridgehead atoms. The van der Waals surface area contributed by atoms with Gasteiger partial charge >= 0.3 is 0 Å². The number of halogens is 2. The van der Waals surface area contributed by atoms with Crippen molar-refractivity contribution in [2.24, 2.45) is 5.92 Å². The number of hydrogen-bond donors (Lipinski definition) is 1. The van der Waals surface area contributed by atoms with Crippen molar-refractivity contribution >= 4 is 38.9 Å². The molecular formula is C11H12Cl2N2O2S. The van der Waals surface area contributed by atoms with Gasteiger partial charge in [-0.05, 0) is 30.9 Å². The Balaban J connectivity index is 2.08. The zero-order valence-corrected chi connectivity index (χ0v) is 11.8. The fourth-order valence-electron chi connectivity index (χ4n) is 2.08. The van der Waals surface area contributed by atoms with E-state index in [1.54, 1.807) is 6.07 Å². The lowest BCUT2D eigenvalue weighted by Crippen LogP contribution is -2.44. The fourth-order valence-corrected chi connectivity index (χ4v) is 3.69. The Morgan fingerprint density at radius 3 is 2.61 bits per heavy atom. The molecule has 0 spiro atoms. The first-order valence-corrected chi connectivity index (χ1v) is 7.95. The van der Waals surface area contributed by atoms with Crippen LogP contribution in [0, 0.1) is 5.92 Å². The predicted molar refractivity (Wildman–Crippen MR) is 71.7 cm³/mol. The van der Waals surface area contributed by atoms with Gasteiger partial charge in [0.15, 0.2) is 0 Å². The molecule has 98 valence electrons. The highest BCUT2D eigenvalue weighted by molar-refractivity contribution is 7.89. The summed E-state index contributed by atoms with van der Waals surface area (Å²) in [6.07, 6.45) is 2.42. The van der Waals surface area contributed by atoms with Crippen LogP contribution in [0.25, 0.3) is 0 Å². The molecule has 1 N–H and O–H groups in total. The molecule has 3 rings (SSSR count). The van der Waals surface area contributed by atoms with Gasteiger partial charge in [-0.1, -0.05) is 23.2 Å². The SMILES string of the molecule is O=S1(=O)NCN(CC2CC2)c2cc(Cl)c(Cl)cc21. The predicted octanol–water partition coefficient (Wildman–Crippen LogP) is 2.46. The Labute approximate surface area is 116 Å². The highest BCUT2D eigenvalue weighted by atomic mass is 35.5. The maximum absolute atomic E-state index is 11.9. The van der Waals surface area contributed by atoms with Crippen molar-refractivity contribution in [2.75, 3.05) is 18.1 Å². The number of sulfonamides is 1. The first-order valence-electron chi connectivity index (χ1n) is 5.71. The van der Waals surface area contributed by atoms with Crippen LogP contribution < -0.4 is 9.62 Å². The van der Waals surface area contributed by atoms with Crippen molar-refractivity contribution in [1.29, 1.82) is 0 Å². The number of benzene rings is 1. The van der Waals surface area contributed by atoms with Crippen LogP contribution in [0.15, 0.2) is 17.0 Å². The van der Waals surface area contributed by atoms with E-state index in [1.807, 2.05) is 4.90 Å². The Morgan fingerprint density at radius 2 is 1.94 bits per heavy atom. The van der Waals surface area contributed by atoms with E-state index in [1.165, 1.54) is 18.9 Å². The monoisotopic (exact) mass is 306 g/mol. The van der Waals surface area contributed by atoms with E-state index in [0.717, 1.165) is 6.54 Å². The van der Waals surface area contributed by atoms with Gasteiger partial charge in [0.1, 0.15) is 4.90 Å². The van der Waals surface area contributed by atoms with Crippen molar-refractivity contribution in [3.63, 3.8) is 0 Å². The summed E-state index contributed by atoms with van der Waals surface area (Å²) >= 11 is 11.9. The molecule has 0 amide bonds. The standard InChI is InChI=1S/C11H12Cl2N2O2S/c12-8-3-10-11(4-9(8)13)18(16,17)14-6-15(10)5-7-1-2-7/h3-4,7,14H,1-2,5-6H2. The second kappa shape index (κ2) is 4.27. The van der Waals surface area contributed by atoms with Gasteiger partial charge in [-0.25, -0.2) is 8.42 Å². The molecule has 0 radical (unpaired) electrons. The van der Waals surface area contributed by atoms with Gasteiger partial charge in [0.2, 0.25) is 10.0 Å². The molecule has 1 aromatic rings. The molecule has 1 fully saturated rings. The minimum Gasteiger partial charge on any atom is -0.356 e. The van der Waals surface area contributed by atoms with Crippen molar-refractivity contribution in [1.82, 2.24) is 4.72 Å². The van der Waals surface area contributed by atoms with Crippen LogP contribution in [0.2, 0.25) is 10.0 Å². The lowest BCUT2D eigenvalue weighted by molar-refractivity contribution is 0.567. The fraction of sp³-hybridized carbons (Fsp3) is 0.455. The lowest BCUT2D eigenvalue weighted by Gasteiger charge is -2.31. The van der Waals surface area contributed by atoms with E-state index in [-0.39, 0.29) is 9.92 Å². The van der Waals surface area contributed by atoms with Crippen LogP contribution in [0.1, 0.15) is 12.8 Å². The van der Waals surface area contributed by atoms with E-state index in [0.29, 0.717) is 23.3 Å². The normalized spacial score (nSPS) is 21.8. The van der Waals surface area contributed by atoms with Crippen LogP contribution in [0.3, 0.4) is 0 Å². The average molecular weight is 307 g/mol. The van der Waals surface area contributed by atoms with Gasteiger partial charge < -0.3 is 4.90 Å². The molecule has 0 unspecified atom stereocenters. The summed E-state index contributed by atoms with van der Waals surface area (Å²) in [5.74, 6) is 0.662. The third-order valence-electron chi connectivity index (χ3n) is 3.25. The highest BCUT2D eigenvalue weighted by Gasteiger charge is 2.32. The number of nitrogens with one attached hydrogen (secondary N) is 1. The van der Waals surface area contributed by atoms with Crippen molar-refractivity contribution < 1.29 is 8.42 Å². The Bertz CT molecular complexity index is 599. The smallest absolute Gasteiger partial charge is 0.244 e. The van der Waals surface area contributed by atoms with Crippen molar-refractivity contribution in [2.45, 2.75) is 17.7 Å². The minimum absolute atomic E-state index is 0.212. The molecule has 18 heavy (non-hydrogen) atoms. The van der Waals surface area contributed by atoms with Gasteiger partial charge in [-0.2, -0.15) is 4.72 Å². The molecular weight excluding hydrogens is 295 g/mol. The molecule has 0 atom stereocenters. The Morgan fingerprint density at radius 1 is 1.28 bits per heavy atom. The van der Waals surface area contributed by atoms with Crippen molar-refractivity contribution in [3.05, 3.63) is 22.2 Å². The molecule has 1 aliphatic carbocycles. The first kappa shape index (κ1) is 12.5. The molecule has 1 aliphatic heterocycles. The summed E-state index contributed by atoms with van der Waals surface area (Å²) < 4.78 is 26.4. The summed E-state index contributed by atoms with van der Waals surface area (Å²) in [6.45, 7) is 1.15. The second-order valence-electron chi connectivity index (χ2n) is 4.71. The maximum Gasteiger partial charge on any atom is 0.244 e. The molecule has 7 heteroatoms. The van der Waals surface area contributed by atoms with E-state index in [2.05, 4.69) is 4.72 Å². The highest BCUT2D eigenvalue weighted by Crippen LogP contribution is 2.38. The third kappa shape index (κ3) is 2.20. The summed E-state index contributed by atoms with van der Waals surface area (Å²) in [7, 11) is -3.46. The summed E-state index contributed by atoms with van der Waals surface area (Å²) in [5.41, 5.74) is 0.648. The van der Waals surface area contributed by atoms with Crippen LogP contribution in [-0.4, -0.2) is 21.6 Å². The quantitative estimate of drug-likeness (QED) is 0.913. The Hall–Kier alpha value is -0.490.